The number of nitrogens with one attached hydrogen (secondary N) is 1. The molecule has 1 aliphatic heterocycles. The molecule has 0 radical (unpaired) electrons. The zero-order valence-corrected chi connectivity index (χ0v) is 13.6. The fraction of sp³-hybridized carbons (Fsp3) is 0.562. The van der Waals surface area contributed by atoms with Crippen molar-refractivity contribution >= 4 is 11.6 Å². The predicted octanol–water partition coefficient (Wildman–Crippen LogP) is 3.93. The van der Waals surface area contributed by atoms with Gasteiger partial charge in [-0.2, -0.15) is 10.2 Å². The lowest BCUT2D eigenvalue weighted by molar-refractivity contribution is -0.115. The van der Waals surface area contributed by atoms with Gasteiger partial charge in [-0.1, -0.05) is 13.8 Å². The lowest BCUT2D eigenvalue weighted by Crippen LogP contribution is -2.05. The van der Waals surface area contributed by atoms with Crippen molar-refractivity contribution in [2.24, 2.45) is 10.2 Å². The largest absolute Gasteiger partial charge is 0.325 e. The maximum Gasteiger partial charge on any atom is 0.228 e. The molecule has 1 aliphatic rings. The summed E-state index contributed by atoms with van der Waals surface area (Å²) in [7, 11) is 3.28. The van der Waals surface area contributed by atoms with Crippen LogP contribution in [0.5, 0.6) is 0 Å². The van der Waals surface area contributed by atoms with Crippen LogP contribution < -0.4 is 5.32 Å². The second-order valence-electron chi connectivity index (χ2n) is 5.42. The van der Waals surface area contributed by atoms with Crippen molar-refractivity contribution in [1.82, 2.24) is 0 Å². The number of fused-ring (bicyclic) bond motifs is 1. The molecule has 1 heterocycles. The summed E-state index contributed by atoms with van der Waals surface area (Å²) in [6.07, 6.45) is 0.544. The van der Waals surface area contributed by atoms with E-state index in [1.807, 2.05) is 0 Å². The minimum Gasteiger partial charge on any atom is -0.325 e. The average molecular weight is 275 g/mol. The highest BCUT2D eigenvalue weighted by atomic mass is 16.1. The van der Waals surface area contributed by atoms with Gasteiger partial charge in [-0.15, -0.1) is 0 Å². The summed E-state index contributed by atoms with van der Waals surface area (Å²) >= 11 is 0. The molecule has 4 nitrogen and oxygen atoms in total. The zero-order valence-electron chi connectivity index (χ0n) is 13.6. The Balaban J connectivity index is 0.000000444. The molecule has 0 fully saturated rings. The zero-order chi connectivity index (χ0) is 15.4. The van der Waals surface area contributed by atoms with Crippen LogP contribution in [0.25, 0.3) is 0 Å². The minimum atomic E-state index is 0.126. The maximum atomic E-state index is 11.5. The van der Waals surface area contributed by atoms with Gasteiger partial charge in [-0.3, -0.25) is 4.79 Å². The molecule has 1 N–H and O–H groups in total. The van der Waals surface area contributed by atoms with Gasteiger partial charge in [0.05, 0.1) is 6.42 Å². The van der Waals surface area contributed by atoms with E-state index < -0.39 is 0 Å². The first-order chi connectivity index (χ1) is 9.34. The van der Waals surface area contributed by atoms with Crippen LogP contribution in [0.3, 0.4) is 0 Å². The van der Waals surface area contributed by atoms with Crippen LogP contribution in [0.4, 0.5) is 5.69 Å². The molecule has 0 spiro atoms. The van der Waals surface area contributed by atoms with Crippen molar-refractivity contribution in [3.05, 3.63) is 27.8 Å². The van der Waals surface area contributed by atoms with Gasteiger partial charge < -0.3 is 5.32 Å². The van der Waals surface area contributed by atoms with Crippen LogP contribution in [0.1, 0.15) is 47.6 Å². The Morgan fingerprint density at radius 1 is 1.00 bits per heavy atom. The van der Waals surface area contributed by atoms with E-state index in [0.717, 1.165) is 5.69 Å². The maximum absolute atomic E-state index is 11.5. The molecule has 0 saturated heterocycles. The number of hydrogen-bond acceptors (Lipinski definition) is 3. The number of rotatable bonds is 1. The highest BCUT2D eigenvalue weighted by Crippen LogP contribution is 2.37. The number of nitrogens with zero attached hydrogens (tertiary/aromatic N) is 2. The van der Waals surface area contributed by atoms with Gasteiger partial charge in [0.1, 0.15) is 0 Å². The minimum absolute atomic E-state index is 0.126. The van der Waals surface area contributed by atoms with Crippen molar-refractivity contribution in [2.45, 2.75) is 47.0 Å². The highest BCUT2D eigenvalue weighted by molar-refractivity contribution is 6.01. The van der Waals surface area contributed by atoms with Crippen LogP contribution >= 0.6 is 0 Å². The van der Waals surface area contributed by atoms with Gasteiger partial charge in [0.15, 0.2) is 0 Å². The SMILES string of the molecule is CN=NC.Cc1c(C)c(C(C)C)c(C)c2c1NC(=O)C2. The van der Waals surface area contributed by atoms with Crippen molar-refractivity contribution < 1.29 is 4.79 Å². The first-order valence-corrected chi connectivity index (χ1v) is 6.95. The molecule has 1 aromatic rings. The van der Waals surface area contributed by atoms with E-state index in [0.29, 0.717) is 12.3 Å². The Labute approximate surface area is 121 Å². The van der Waals surface area contributed by atoms with Crippen LogP contribution in [-0.4, -0.2) is 20.0 Å². The molecule has 0 atom stereocenters. The van der Waals surface area contributed by atoms with Gasteiger partial charge in [-0.25, -0.2) is 0 Å². The van der Waals surface area contributed by atoms with Gasteiger partial charge >= 0.3 is 0 Å². The normalized spacial score (nSPS) is 13.3. The Kier molecular flexibility index (Phi) is 5.43. The monoisotopic (exact) mass is 275 g/mol. The predicted molar refractivity (Wildman–Crippen MR) is 83.8 cm³/mol. The third-order valence-corrected chi connectivity index (χ3v) is 3.88. The van der Waals surface area contributed by atoms with E-state index >= 15 is 0 Å². The lowest BCUT2D eigenvalue weighted by atomic mass is 9.86. The Morgan fingerprint density at radius 2 is 1.55 bits per heavy atom. The van der Waals surface area contributed by atoms with Crippen molar-refractivity contribution in [2.75, 3.05) is 19.4 Å². The summed E-state index contributed by atoms with van der Waals surface area (Å²) in [6.45, 7) is 10.8. The Bertz CT molecular complexity index is 541. The fourth-order valence-corrected chi connectivity index (χ4v) is 2.85. The molecule has 0 aromatic heterocycles. The molecule has 4 heteroatoms. The number of azo groups is 1. The number of anilines is 1. The van der Waals surface area contributed by atoms with E-state index in [4.69, 9.17) is 0 Å². The molecule has 0 unspecified atom stereocenters. The standard InChI is InChI=1S/C14H19NO.C2H6N2/c1-7(2)13-8(3)9(4)14-11(10(13)5)6-12(16)15-14;1-3-4-2/h7H,6H2,1-5H3,(H,15,16);1-2H3. The first kappa shape index (κ1) is 16.3. The van der Waals surface area contributed by atoms with Gasteiger partial charge in [-0.05, 0) is 54.5 Å². The number of carbonyl (C=O) groups is 1. The number of carbonyl (C=O) groups excluding carboxylic acids is 1. The second-order valence-corrected chi connectivity index (χ2v) is 5.42. The third-order valence-electron chi connectivity index (χ3n) is 3.88. The lowest BCUT2D eigenvalue weighted by Gasteiger charge is -2.20. The first-order valence-electron chi connectivity index (χ1n) is 6.95. The Morgan fingerprint density at radius 3 is 2.00 bits per heavy atom. The third kappa shape index (κ3) is 3.06. The summed E-state index contributed by atoms with van der Waals surface area (Å²) in [5.41, 5.74) is 7.53. The van der Waals surface area contributed by atoms with E-state index in [-0.39, 0.29) is 5.91 Å². The topological polar surface area (TPSA) is 53.8 Å². The molecule has 0 aliphatic carbocycles. The van der Waals surface area contributed by atoms with Crippen LogP contribution in [0.15, 0.2) is 10.2 Å². The number of benzene rings is 1. The molecule has 110 valence electrons. The summed E-state index contributed by atoms with van der Waals surface area (Å²) in [6, 6.07) is 0. The van der Waals surface area contributed by atoms with Gasteiger partial charge in [0, 0.05) is 19.8 Å². The molecule has 20 heavy (non-hydrogen) atoms. The average Bonchev–Trinajstić information content (AvgIpc) is 2.79. The van der Waals surface area contributed by atoms with Crippen molar-refractivity contribution in [3.63, 3.8) is 0 Å². The summed E-state index contributed by atoms with van der Waals surface area (Å²) in [5.74, 6) is 0.640. The molecular formula is C16H25N3O. The fourth-order valence-electron chi connectivity index (χ4n) is 2.85. The van der Waals surface area contributed by atoms with E-state index in [1.54, 1.807) is 14.1 Å². The quantitative estimate of drug-likeness (QED) is 0.776. The van der Waals surface area contributed by atoms with E-state index in [2.05, 4.69) is 50.2 Å². The molecule has 2 rings (SSSR count). The van der Waals surface area contributed by atoms with Crippen LogP contribution in [0, 0.1) is 20.8 Å². The van der Waals surface area contributed by atoms with E-state index in [9.17, 15) is 4.79 Å². The highest BCUT2D eigenvalue weighted by Gasteiger charge is 2.25. The van der Waals surface area contributed by atoms with Crippen molar-refractivity contribution in [1.29, 1.82) is 0 Å². The molecule has 0 saturated carbocycles. The van der Waals surface area contributed by atoms with Gasteiger partial charge in [0.25, 0.3) is 0 Å². The molecule has 0 bridgehead atoms. The van der Waals surface area contributed by atoms with Crippen LogP contribution in [0.2, 0.25) is 0 Å². The molecule has 1 aromatic carbocycles. The number of amides is 1. The Hall–Kier alpha value is -1.71. The summed E-state index contributed by atoms with van der Waals surface area (Å²) in [5, 5.41) is 9.70. The summed E-state index contributed by atoms with van der Waals surface area (Å²) in [4.78, 5) is 11.5. The molecular weight excluding hydrogens is 250 g/mol. The second kappa shape index (κ2) is 6.64. The number of hydrogen-bond donors (Lipinski definition) is 1. The smallest absolute Gasteiger partial charge is 0.228 e. The summed E-state index contributed by atoms with van der Waals surface area (Å²) < 4.78 is 0. The molecule has 1 amide bonds. The van der Waals surface area contributed by atoms with Crippen molar-refractivity contribution in [3.8, 4) is 0 Å². The van der Waals surface area contributed by atoms with Gasteiger partial charge in [0.2, 0.25) is 5.91 Å². The van der Waals surface area contributed by atoms with E-state index in [1.165, 1.54) is 27.8 Å². The van der Waals surface area contributed by atoms with Crippen LogP contribution in [-0.2, 0) is 11.2 Å².